The van der Waals surface area contributed by atoms with Crippen molar-refractivity contribution in [3.63, 3.8) is 0 Å². The van der Waals surface area contributed by atoms with Crippen LogP contribution >= 0.6 is 0 Å². The van der Waals surface area contributed by atoms with Crippen molar-refractivity contribution in [1.29, 1.82) is 0 Å². The number of esters is 3. The van der Waals surface area contributed by atoms with Crippen molar-refractivity contribution in [2.24, 2.45) is 0 Å². The Bertz CT molecular complexity index is 1610. The Labute approximate surface area is 442 Å². The summed E-state index contributed by atoms with van der Waals surface area (Å²) in [7, 11) is 0. The number of rotatable bonds is 50. The monoisotopic (exact) mass is 993 g/mol. The van der Waals surface area contributed by atoms with Gasteiger partial charge < -0.3 is 14.2 Å². The van der Waals surface area contributed by atoms with Crippen LogP contribution in [0.15, 0.2) is 146 Å². The highest BCUT2D eigenvalue weighted by atomic mass is 16.6. The highest BCUT2D eigenvalue weighted by Crippen LogP contribution is 2.13. The van der Waals surface area contributed by atoms with Crippen LogP contribution in [0.1, 0.15) is 233 Å². The second-order valence-electron chi connectivity index (χ2n) is 18.4. The zero-order chi connectivity index (χ0) is 52.2. The molecule has 0 aromatic heterocycles. The molecule has 0 radical (unpaired) electrons. The minimum Gasteiger partial charge on any atom is -0.462 e. The molecule has 0 spiro atoms. The molecule has 1 atom stereocenters. The molecule has 0 rings (SSSR count). The fourth-order valence-corrected chi connectivity index (χ4v) is 7.31. The highest BCUT2D eigenvalue weighted by Gasteiger charge is 2.19. The average Bonchev–Trinajstić information content (AvgIpc) is 3.38. The molecule has 72 heavy (non-hydrogen) atoms. The number of carbonyl (C=O) groups excluding carboxylic acids is 3. The second-order valence-corrected chi connectivity index (χ2v) is 18.4. The van der Waals surface area contributed by atoms with Gasteiger partial charge in [-0.2, -0.15) is 0 Å². The van der Waals surface area contributed by atoms with E-state index in [-0.39, 0.29) is 37.5 Å². The predicted molar refractivity (Wildman–Crippen MR) is 311 cm³/mol. The Morgan fingerprint density at radius 1 is 0.292 bits per heavy atom. The second kappa shape index (κ2) is 58.9. The van der Waals surface area contributed by atoms with Gasteiger partial charge in [-0.05, 0) is 128 Å². The Kier molecular flexibility index (Phi) is 55.0. The number of unbranched alkanes of at least 4 members (excludes halogenated alkanes) is 15. The summed E-state index contributed by atoms with van der Waals surface area (Å²) in [6.45, 7) is 6.29. The van der Waals surface area contributed by atoms with Gasteiger partial charge in [-0.15, -0.1) is 0 Å². The average molecular weight is 994 g/mol. The van der Waals surface area contributed by atoms with Crippen LogP contribution in [0, 0.1) is 0 Å². The molecule has 0 saturated heterocycles. The Morgan fingerprint density at radius 3 is 0.931 bits per heavy atom. The number of hydrogen-bond donors (Lipinski definition) is 0. The zero-order valence-electron chi connectivity index (χ0n) is 46.1. The summed E-state index contributed by atoms with van der Waals surface area (Å²) in [6, 6.07) is 0. The van der Waals surface area contributed by atoms with Crippen LogP contribution in [0.2, 0.25) is 0 Å². The molecule has 6 heteroatoms. The molecule has 0 heterocycles. The first-order chi connectivity index (χ1) is 35.5. The summed E-state index contributed by atoms with van der Waals surface area (Å²) in [5.74, 6) is -1.05. The molecule has 404 valence electrons. The third-order valence-corrected chi connectivity index (χ3v) is 11.6. The third kappa shape index (κ3) is 56.2. The number of carbonyl (C=O) groups is 3. The highest BCUT2D eigenvalue weighted by molar-refractivity contribution is 5.71. The molecule has 0 aliphatic heterocycles. The molecular formula is C66H104O6. The van der Waals surface area contributed by atoms with Crippen LogP contribution in [0.3, 0.4) is 0 Å². The van der Waals surface area contributed by atoms with Gasteiger partial charge >= 0.3 is 17.9 Å². The molecular weight excluding hydrogens is 889 g/mol. The van der Waals surface area contributed by atoms with Gasteiger partial charge in [0.25, 0.3) is 0 Å². The van der Waals surface area contributed by atoms with Crippen LogP contribution in [0.25, 0.3) is 0 Å². The lowest BCUT2D eigenvalue weighted by Gasteiger charge is -2.18. The van der Waals surface area contributed by atoms with E-state index in [0.717, 1.165) is 135 Å². The summed E-state index contributed by atoms with van der Waals surface area (Å²) < 4.78 is 16.8. The third-order valence-electron chi connectivity index (χ3n) is 11.6. The van der Waals surface area contributed by atoms with Gasteiger partial charge in [0.15, 0.2) is 6.10 Å². The fourth-order valence-electron chi connectivity index (χ4n) is 7.31. The molecule has 0 saturated carbocycles. The van der Waals surface area contributed by atoms with Crippen LogP contribution < -0.4 is 0 Å². The Morgan fingerprint density at radius 2 is 0.569 bits per heavy atom. The van der Waals surface area contributed by atoms with Crippen molar-refractivity contribution < 1.29 is 28.6 Å². The molecule has 6 nitrogen and oxygen atoms in total. The van der Waals surface area contributed by atoms with Crippen LogP contribution in [-0.2, 0) is 28.6 Å². The molecule has 1 unspecified atom stereocenters. The topological polar surface area (TPSA) is 78.9 Å². The van der Waals surface area contributed by atoms with Crippen molar-refractivity contribution >= 4 is 17.9 Å². The molecule has 0 bridgehead atoms. The van der Waals surface area contributed by atoms with E-state index in [9.17, 15) is 14.4 Å². The first-order valence-corrected chi connectivity index (χ1v) is 28.8. The summed E-state index contributed by atoms with van der Waals surface area (Å²) in [6.07, 6.45) is 84.1. The summed E-state index contributed by atoms with van der Waals surface area (Å²) in [5, 5.41) is 0. The van der Waals surface area contributed by atoms with Crippen molar-refractivity contribution in [2.75, 3.05) is 13.2 Å². The van der Waals surface area contributed by atoms with E-state index in [1.807, 2.05) is 12.2 Å². The molecule has 0 aliphatic rings. The van der Waals surface area contributed by atoms with E-state index in [1.165, 1.54) is 51.4 Å². The maximum atomic E-state index is 12.9. The van der Waals surface area contributed by atoms with E-state index < -0.39 is 6.10 Å². The van der Waals surface area contributed by atoms with Crippen molar-refractivity contribution in [3.8, 4) is 0 Å². The number of allylic oxidation sites excluding steroid dienone is 24. The van der Waals surface area contributed by atoms with Crippen LogP contribution in [-0.4, -0.2) is 37.2 Å². The van der Waals surface area contributed by atoms with Crippen molar-refractivity contribution in [3.05, 3.63) is 146 Å². The standard InChI is InChI=1S/C66H104O6/c1-4-7-10-13-16-19-22-25-28-31-33-36-38-41-44-47-50-53-56-59-65(68)71-62-63(61-70-64(67)58-55-52-49-46-43-40-37-34-30-27-24-21-18-15-12-9-6-3)72-66(69)60-57-54-51-48-45-42-39-35-32-29-26-23-20-17-14-11-8-5-2/h7,9-10,12,16,18-21,23,25,27-30,32-33,36-37,40-41,44,50,53,63H,4-6,8,11,13-15,17,22,24,26,31,34-35,38-39,42-43,45-49,51-52,54-62H2,1-3H3/b10-7-,12-9-,19-16-,21-18-,23-20-,28-25-,30-27-,32-29-,36-33-,40-37-,44-41-,53-50-. The summed E-state index contributed by atoms with van der Waals surface area (Å²) in [4.78, 5) is 38.2. The molecule has 0 N–H and O–H groups in total. The quantitative estimate of drug-likeness (QED) is 0.0261. The smallest absolute Gasteiger partial charge is 0.306 e. The zero-order valence-corrected chi connectivity index (χ0v) is 46.1. The van der Waals surface area contributed by atoms with Crippen molar-refractivity contribution in [1.82, 2.24) is 0 Å². The lowest BCUT2D eigenvalue weighted by Crippen LogP contribution is -2.30. The summed E-state index contributed by atoms with van der Waals surface area (Å²) >= 11 is 0. The minimum absolute atomic E-state index is 0.123. The van der Waals surface area contributed by atoms with E-state index in [0.29, 0.717) is 19.3 Å². The molecule has 0 aliphatic carbocycles. The lowest BCUT2D eigenvalue weighted by atomic mass is 10.1. The van der Waals surface area contributed by atoms with Gasteiger partial charge in [-0.25, -0.2) is 0 Å². The van der Waals surface area contributed by atoms with Crippen LogP contribution in [0.5, 0.6) is 0 Å². The van der Waals surface area contributed by atoms with Gasteiger partial charge in [0.2, 0.25) is 0 Å². The fraction of sp³-hybridized carbons (Fsp3) is 0.591. The Hall–Kier alpha value is -4.71. The SMILES string of the molecule is CC/C=C\C/C=C\C/C=C\C/C=C\C/C=C\C/C=C\CCC(=O)OCC(COC(=O)CCCCCC/C=C\C/C=C\C/C=C\C/C=C\CC)OC(=O)CCCCCCCCC/C=C\C/C=C\CCCCCC. The predicted octanol–water partition coefficient (Wildman–Crippen LogP) is 19.6. The lowest BCUT2D eigenvalue weighted by molar-refractivity contribution is -0.166. The van der Waals surface area contributed by atoms with E-state index in [4.69, 9.17) is 14.2 Å². The van der Waals surface area contributed by atoms with E-state index in [2.05, 4.69) is 154 Å². The van der Waals surface area contributed by atoms with Gasteiger partial charge in [-0.3, -0.25) is 14.4 Å². The van der Waals surface area contributed by atoms with Gasteiger partial charge in [0, 0.05) is 19.3 Å². The van der Waals surface area contributed by atoms with E-state index >= 15 is 0 Å². The summed E-state index contributed by atoms with van der Waals surface area (Å²) in [5.41, 5.74) is 0. The molecule has 0 aromatic rings. The van der Waals surface area contributed by atoms with E-state index in [1.54, 1.807) is 0 Å². The normalized spacial score (nSPS) is 13.2. The largest absolute Gasteiger partial charge is 0.462 e. The first-order valence-electron chi connectivity index (χ1n) is 28.8. The van der Waals surface area contributed by atoms with Crippen LogP contribution in [0.4, 0.5) is 0 Å². The van der Waals surface area contributed by atoms with Crippen molar-refractivity contribution in [2.45, 2.75) is 239 Å². The number of ether oxygens (including phenoxy) is 3. The molecule has 0 fully saturated rings. The molecule has 0 amide bonds. The Balaban J connectivity index is 4.58. The van der Waals surface area contributed by atoms with Gasteiger partial charge in [0.05, 0.1) is 0 Å². The van der Waals surface area contributed by atoms with Gasteiger partial charge in [-0.1, -0.05) is 231 Å². The maximum Gasteiger partial charge on any atom is 0.306 e. The molecule has 0 aromatic carbocycles. The first kappa shape index (κ1) is 67.3. The number of hydrogen-bond acceptors (Lipinski definition) is 6. The van der Waals surface area contributed by atoms with Gasteiger partial charge in [0.1, 0.15) is 13.2 Å². The maximum absolute atomic E-state index is 12.9. The minimum atomic E-state index is -0.831.